The van der Waals surface area contributed by atoms with E-state index in [0.717, 1.165) is 5.56 Å². The van der Waals surface area contributed by atoms with Gasteiger partial charge in [0.1, 0.15) is 0 Å². The molecule has 1 unspecified atom stereocenters. The molecule has 1 aromatic heterocycles. The Morgan fingerprint density at radius 2 is 2.45 bits per heavy atom. The largest absolute Gasteiger partial charge is 0.317 e. The van der Waals surface area contributed by atoms with Crippen LogP contribution >= 0.6 is 32.3 Å². The van der Waals surface area contributed by atoms with Crippen LogP contribution in [0.25, 0.3) is 0 Å². The summed E-state index contributed by atoms with van der Waals surface area (Å²) in [5.41, 5.74) is 1.58. The molecule has 0 aliphatic carbocycles. The van der Waals surface area contributed by atoms with Crippen molar-refractivity contribution in [1.29, 1.82) is 0 Å². The monoisotopic (exact) mass is 281 g/mol. The molecule has 1 aliphatic rings. The molecule has 0 saturated carbocycles. The molecule has 0 N–H and O–H groups in total. The molecule has 2 rings (SSSR count). The lowest BCUT2D eigenvalue weighted by atomic mass is 10.3. The zero-order chi connectivity index (χ0) is 8.01. The summed E-state index contributed by atoms with van der Waals surface area (Å²) in [4.78, 5) is 11.2. The van der Waals surface area contributed by atoms with Crippen LogP contribution in [0.1, 0.15) is 16.1 Å². The standard InChI is InChI=1S/C5H5IN3OP/c6-9-2-3-1-8(11)5(10)4(3)7-9/h2H,1,11H2. The normalized spacial score (nSPS) is 15.8. The molecule has 0 spiro atoms. The average Bonchev–Trinajstić information content (AvgIpc) is 2.37. The van der Waals surface area contributed by atoms with Gasteiger partial charge in [-0.3, -0.25) is 4.79 Å². The third-order valence-electron chi connectivity index (χ3n) is 1.57. The van der Waals surface area contributed by atoms with E-state index in [9.17, 15) is 4.79 Å². The van der Waals surface area contributed by atoms with Crippen LogP contribution in [0, 0.1) is 0 Å². The molecule has 1 aliphatic heterocycles. The summed E-state index contributed by atoms with van der Waals surface area (Å²) >= 11 is 2.03. The highest BCUT2D eigenvalue weighted by atomic mass is 127. The van der Waals surface area contributed by atoms with Gasteiger partial charge in [0, 0.05) is 11.8 Å². The van der Waals surface area contributed by atoms with Gasteiger partial charge in [0.2, 0.25) is 0 Å². The van der Waals surface area contributed by atoms with Gasteiger partial charge < -0.3 is 4.67 Å². The smallest absolute Gasteiger partial charge is 0.277 e. The van der Waals surface area contributed by atoms with Crippen molar-refractivity contribution >= 4 is 38.2 Å². The van der Waals surface area contributed by atoms with E-state index >= 15 is 0 Å². The summed E-state index contributed by atoms with van der Waals surface area (Å²) in [6, 6.07) is 0. The van der Waals surface area contributed by atoms with Gasteiger partial charge in [-0.1, -0.05) is 0 Å². The summed E-state index contributed by atoms with van der Waals surface area (Å²) in [6.45, 7) is 0.655. The first-order valence-corrected chi connectivity index (χ1v) is 4.48. The van der Waals surface area contributed by atoms with Gasteiger partial charge in [-0.25, -0.2) is 2.90 Å². The number of carbonyl (C=O) groups is 1. The van der Waals surface area contributed by atoms with Gasteiger partial charge in [-0.05, 0) is 9.39 Å². The van der Waals surface area contributed by atoms with Gasteiger partial charge in [0.05, 0.1) is 29.4 Å². The molecule has 0 bridgehead atoms. The van der Waals surface area contributed by atoms with Crippen LogP contribution in [-0.2, 0) is 6.54 Å². The number of hydrogen-bond acceptors (Lipinski definition) is 2. The highest BCUT2D eigenvalue weighted by molar-refractivity contribution is 14.1. The first kappa shape index (κ1) is 7.49. The van der Waals surface area contributed by atoms with Crippen LogP contribution in [0.2, 0.25) is 0 Å². The van der Waals surface area contributed by atoms with Crippen molar-refractivity contribution in [2.75, 3.05) is 0 Å². The first-order valence-electron chi connectivity index (χ1n) is 3.00. The maximum atomic E-state index is 11.2. The number of halogens is 1. The minimum atomic E-state index is -0.0135. The maximum Gasteiger partial charge on any atom is 0.277 e. The van der Waals surface area contributed by atoms with Crippen LogP contribution in [0.4, 0.5) is 0 Å². The molecule has 0 saturated heterocycles. The Balaban J connectivity index is 2.52. The Morgan fingerprint density at radius 1 is 1.73 bits per heavy atom. The van der Waals surface area contributed by atoms with Crippen LogP contribution < -0.4 is 0 Å². The van der Waals surface area contributed by atoms with Crippen molar-refractivity contribution in [1.82, 2.24) is 12.7 Å². The molecular weight excluding hydrogens is 276 g/mol. The minimum absolute atomic E-state index is 0.0135. The third-order valence-corrected chi connectivity index (χ3v) is 2.48. The van der Waals surface area contributed by atoms with Crippen molar-refractivity contribution in [2.24, 2.45) is 0 Å². The summed E-state index contributed by atoms with van der Waals surface area (Å²) in [5, 5.41) is 4.02. The highest BCUT2D eigenvalue weighted by Crippen LogP contribution is 2.24. The zero-order valence-corrected chi connectivity index (χ0v) is 8.80. The molecule has 58 valence electrons. The molecule has 11 heavy (non-hydrogen) atoms. The van der Waals surface area contributed by atoms with E-state index in [2.05, 4.69) is 14.5 Å². The predicted octanol–water partition coefficient (Wildman–Crippen LogP) is 0.827. The zero-order valence-electron chi connectivity index (χ0n) is 5.49. The second kappa shape index (κ2) is 2.42. The Morgan fingerprint density at radius 3 is 3.09 bits per heavy atom. The van der Waals surface area contributed by atoms with Crippen molar-refractivity contribution in [2.45, 2.75) is 6.54 Å². The van der Waals surface area contributed by atoms with E-state index in [-0.39, 0.29) is 5.91 Å². The molecule has 0 aromatic carbocycles. The fourth-order valence-electron chi connectivity index (χ4n) is 1.07. The quantitative estimate of drug-likeness (QED) is 0.522. The Kier molecular flexibility index (Phi) is 1.64. The van der Waals surface area contributed by atoms with Gasteiger partial charge in [-0.2, -0.15) is 5.10 Å². The van der Waals surface area contributed by atoms with E-state index in [4.69, 9.17) is 0 Å². The Labute approximate surface area is 79.7 Å². The molecule has 1 amide bonds. The third kappa shape index (κ3) is 1.06. The molecule has 0 radical (unpaired) electrons. The molecule has 2 heterocycles. The fourth-order valence-corrected chi connectivity index (χ4v) is 1.94. The van der Waals surface area contributed by atoms with Crippen LogP contribution in [0.3, 0.4) is 0 Å². The van der Waals surface area contributed by atoms with Crippen LogP contribution in [0.15, 0.2) is 6.20 Å². The SMILES string of the molecule is O=C1c2nn(I)cc2CN1P. The predicted molar refractivity (Wildman–Crippen MR) is 51.2 cm³/mol. The number of aromatic nitrogens is 2. The topological polar surface area (TPSA) is 38.1 Å². The second-order valence-electron chi connectivity index (χ2n) is 2.32. The summed E-state index contributed by atoms with van der Waals surface area (Å²) in [5.74, 6) is -0.0135. The number of rotatable bonds is 0. The first-order chi connectivity index (χ1) is 5.18. The lowest BCUT2D eigenvalue weighted by Gasteiger charge is -2.04. The number of fused-ring (bicyclic) bond motifs is 1. The van der Waals surface area contributed by atoms with E-state index in [1.165, 1.54) is 0 Å². The lowest BCUT2D eigenvalue weighted by molar-refractivity contribution is 0.0882. The summed E-state index contributed by atoms with van der Waals surface area (Å²) in [6.07, 6.45) is 1.86. The average molecular weight is 281 g/mol. The van der Waals surface area contributed by atoms with E-state index in [0.29, 0.717) is 12.2 Å². The van der Waals surface area contributed by atoms with Crippen LogP contribution in [0.5, 0.6) is 0 Å². The highest BCUT2D eigenvalue weighted by Gasteiger charge is 2.27. The summed E-state index contributed by atoms with van der Waals surface area (Å²) < 4.78 is 3.21. The molecule has 1 atom stereocenters. The van der Waals surface area contributed by atoms with Gasteiger partial charge >= 0.3 is 0 Å². The molecular formula is C5H5IN3OP. The maximum absolute atomic E-state index is 11.2. The number of hydrogen-bond donors (Lipinski definition) is 0. The Bertz CT molecular complexity index is 324. The van der Waals surface area contributed by atoms with E-state index in [1.54, 1.807) is 7.57 Å². The van der Waals surface area contributed by atoms with Gasteiger partial charge in [0.25, 0.3) is 5.91 Å². The number of carbonyl (C=O) groups excluding carboxylic acids is 1. The fraction of sp³-hybridized carbons (Fsp3) is 0.200. The lowest BCUT2D eigenvalue weighted by Crippen LogP contribution is -2.12. The Hall–Kier alpha value is -0.160. The van der Waals surface area contributed by atoms with Gasteiger partial charge in [-0.15, -0.1) is 0 Å². The van der Waals surface area contributed by atoms with Crippen molar-refractivity contribution in [3.8, 4) is 0 Å². The molecule has 1 aromatic rings. The number of nitrogens with zero attached hydrogens (tertiary/aromatic N) is 3. The van der Waals surface area contributed by atoms with E-state index < -0.39 is 0 Å². The van der Waals surface area contributed by atoms with Crippen molar-refractivity contribution < 1.29 is 4.79 Å². The van der Waals surface area contributed by atoms with Gasteiger partial charge in [0.15, 0.2) is 5.69 Å². The van der Waals surface area contributed by atoms with Crippen molar-refractivity contribution in [3.05, 3.63) is 17.5 Å². The minimum Gasteiger partial charge on any atom is -0.317 e. The van der Waals surface area contributed by atoms with Crippen molar-refractivity contribution in [3.63, 3.8) is 0 Å². The summed E-state index contributed by atoms with van der Waals surface area (Å²) in [7, 11) is 2.38. The molecule has 4 nitrogen and oxygen atoms in total. The van der Waals surface area contributed by atoms with E-state index in [1.807, 2.05) is 29.1 Å². The molecule has 6 heteroatoms. The van der Waals surface area contributed by atoms with Crippen LogP contribution in [-0.4, -0.2) is 18.6 Å². The number of amides is 1. The molecule has 0 fully saturated rings. The second-order valence-corrected chi connectivity index (χ2v) is 3.94.